The van der Waals surface area contributed by atoms with Crippen LogP contribution in [0.15, 0.2) is 40.8 Å². The number of hydrogen-bond acceptors (Lipinski definition) is 4. The summed E-state index contributed by atoms with van der Waals surface area (Å²) in [7, 11) is 0. The second-order valence-corrected chi connectivity index (χ2v) is 6.52. The molecule has 6 heteroatoms. The van der Waals surface area contributed by atoms with Crippen molar-refractivity contribution >= 4 is 5.91 Å². The molecule has 0 spiro atoms. The summed E-state index contributed by atoms with van der Waals surface area (Å²) >= 11 is 0. The molecule has 1 aliphatic rings. The van der Waals surface area contributed by atoms with E-state index in [4.69, 9.17) is 9.15 Å². The van der Waals surface area contributed by atoms with Crippen LogP contribution in [0.2, 0.25) is 0 Å². The van der Waals surface area contributed by atoms with Crippen LogP contribution >= 0.6 is 0 Å². The van der Waals surface area contributed by atoms with Gasteiger partial charge >= 0.3 is 0 Å². The van der Waals surface area contributed by atoms with E-state index in [1.807, 2.05) is 0 Å². The summed E-state index contributed by atoms with van der Waals surface area (Å²) < 4.78 is 24.0. The zero-order valence-corrected chi connectivity index (χ0v) is 15.0. The minimum atomic E-state index is -0.311. The van der Waals surface area contributed by atoms with E-state index in [9.17, 15) is 9.18 Å². The Hall–Kier alpha value is -2.34. The first-order valence-corrected chi connectivity index (χ1v) is 9.15. The first-order valence-electron chi connectivity index (χ1n) is 9.15. The number of likely N-dealkylation sites (tertiary alicyclic amines) is 1. The fraction of sp³-hybridized carbons (Fsp3) is 0.450. The second-order valence-electron chi connectivity index (χ2n) is 6.52. The normalized spacial score (nSPS) is 15.8. The third kappa shape index (κ3) is 4.85. The molecule has 1 aliphatic heterocycles. The van der Waals surface area contributed by atoms with Crippen LogP contribution in [0.25, 0.3) is 0 Å². The second kappa shape index (κ2) is 8.85. The molecule has 1 aromatic carbocycles. The van der Waals surface area contributed by atoms with Gasteiger partial charge in [0.2, 0.25) is 0 Å². The average molecular weight is 360 g/mol. The van der Waals surface area contributed by atoms with Gasteiger partial charge in [0.1, 0.15) is 23.9 Å². The first kappa shape index (κ1) is 18.5. The number of halogens is 1. The molecule has 140 valence electrons. The topological polar surface area (TPSA) is 54.7 Å². The molecule has 5 nitrogen and oxygen atoms in total. The molecule has 1 fully saturated rings. The maximum absolute atomic E-state index is 12.9. The summed E-state index contributed by atoms with van der Waals surface area (Å²) in [6.45, 7) is 5.18. The summed E-state index contributed by atoms with van der Waals surface area (Å²) in [5.41, 5.74) is 0. The molecule has 1 atom stereocenters. The Kier molecular flexibility index (Phi) is 6.28. The lowest BCUT2D eigenvalue weighted by atomic mass is 10.2. The highest BCUT2D eigenvalue weighted by molar-refractivity contribution is 5.91. The highest BCUT2D eigenvalue weighted by Gasteiger charge is 2.21. The molecule has 3 rings (SSSR count). The summed E-state index contributed by atoms with van der Waals surface area (Å²) in [4.78, 5) is 14.7. The van der Waals surface area contributed by atoms with Gasteiger partial charge in [-0.05, 0) is 68.8 Å². The lowest BCUT2D eigenvalue weighted by Crippen LogP contribution is -2.42. The molecular formula is C20H25FN2O3. The van der Waals surface area contributed by atoms with Crippen molar-refractivity contribution in [2.75, 3.05) is 19.6 Å². The van der Waals surface area contributed by atoms with Crippen molar-refractivity contribution in [1.82, 2.24) is 10.2 Å². The highest BCUT2D eigenvalue weighted by Crippen LogP contribution is 2.16. The molecule has 0 saturated carbocycles. The van der Waals surface area contributed by atoms with Crippen molar-refractivity contribution in [3.8, 4) is 5.75 Å². The van der Waals surface area contributed by atoms with Crippen LogP contribution in [-0.2, 0) is 6.61 Å². The quantitative estimate of drug-likeness (QED) is 0.781. The van der Waals surface area contributed by atoms with Crippen LogP contribution in [0.3, 0.4) is 0 Å². The van der Waals surface area contributed by atoms with E-state index in [2.05, 4.69) is 17.1 Å². The number of ether oxygens (including phenoxy) is 1. The van der Waals surface area contributed by atoms with Gasteiger partial charge in [-0.15, -0.1) is 0 Å². The van der Waals surface area contributed by atoms with E-state index in [0.717, 1.165) is 19.5 Å². The van der Waals surface area contributed by atoms with Crippen molar-refractivity contribution in [3.05, 3.63) is 53.7 Å². The van der Waals surface area contributed by atoms with Crippen molar-refractivity contribution < 1.29 is 18.3 Å². The number of carbonyl (C=O) groups is 1. The van der Waals surface area contributed by atoms with Crippen LogP contribution in [0.5, 0.6) is 5.75 Å². The molecule has 2 aromatic rings. The number of amides is 1. The molecular weight excluding hydrogens is 335 g/mol. The fourth-order valence-corrected chi connectivity index (χ4v) is 3.20. The fourth-order valence-electron chi connectivity index (χ4n) is 3.20. The molecule has 26 heavy (non-hydrogen) atoms. The third-order valence-electron chi connectivity index (χ3n) is 4.71. The van der Waals surface area contributed by atoms with E-state index in [-0.39, 0.29) is 24.1 Å². The summed E-state index contributed by atoms with van der Waals surface area (Å²) in [5.74, 6) is 0.847. The number of nitrogens with zero attached hydrogens (tertiary/aromatic N) is 1. The predicted molar refractivity (Wildman–Crippen MR) is 96.7 cm³/mol. The van der Waals surface area contributed by atoms with Gasteiger partial charge in [0.25, 0.3) is 5.91 Å². The molecule has 1 amide bonds. The number of carbonyl (C=O) groups excluding carboxylic acids is 1. The first-order chi connectivity index (χ1) is 12.7. The van der Waals surface area contributed by atoms with E-state index in [1.54, 1.807) is 24.3 Å². The van der Waals surface area contributed by atoms with Gasteiger partial charge < -0.3 is 14.5 Å². The molecule has 1 unspecified atom stereocenters. The van der Waals surface area contributed by atoms with E-state index in [1.165, 1.54) is 25.0 Å². The van der Waals surface area contributed by atoms with Crippen LogP contribution in [0, 0.1) is 5.82 Å². The Labute approximate surface area is 153 Å². The van der Waals surface area contributed by atoms with Gasteiger partial charge in [-0.2, -0.15) is 0 Å². The van der Waals surface area contributed by atoms with Gasteiger partial charge in [-0.3, -0.25) is 9.69 Å². The maximum Gasteiger partial charge on any atom is 0.287 e. The van der Waals surface area contributed by atoms with E-state index < -0.39 is 0 Å². The Morgan fingerprint density at radius 1 is 1.23 bits per heavy atom. The van der Waals surface area contributed by atoms with Crippen LogP contribution in [0.1, 0.15) is 42.5 Å². The van der Waals surface area contributed by atoms with Crippen molar-refractivity contribution in [2.24, 2.45) is 0 Å². The molecule has 0 bridgehead atoms. The molecule has 1 N–H and O–H groups in total. The Morgan fingerprint density at radius 2 is 1.96 bits per heavy atom. The molecule has 0 aliphatic carbocycles. The average Bonchev–Trinajstić information content (AvgIpc) is 3.34. The van der Waals surface area contributed by atoms with Crippen LogP contribution < -0.4 is 10.1 Å². The number of rotatable bonds is 8. The number of hydrogen-bond donors (Lipinski definition) is 1. The molecule has 0 radical (unpaired) electrons. The molecule has 1 aromatic heterocycles. The summed E-state index contributed by atoms with van der Waals surface area (Å²) in [6.07, 6.45) is 3.48. The zero-order chi connectivity index (χ0) is 18.4. The highest BCUT2D eigenvalue weighted by atomic mass is 19.1. The smallest absolute Gasteiger partial charge is 0.287 e. The minimum absolute atomic E-state index is 0.185. The summed E-state index contributed by atoms with van der Waals surface area (Å²) in [6, 6.07) is 9.51. The Morgan fingerprint density at radius 3 is 2.65 bits per heavy atom. The van der Waals surface area contributed by atoms with Crippen molar-refractivity contribution in [1.29, 1.82) is 0 Å². The number of furan rings is 1. The maximum atomic E-state index is 12.9. The minimum Gasteiger partial charge on any atom is -0.486 e. The SMILES string of the molecule is CCC(CNC(=O)c1ccc(COc2ccc(F)cc2)o1)N1CCCC1. The lowest BCUT2D eigenvalue weighted by molar-refractivity contribution is 0.0905. The number of benzene rings is 1. The van der Waals surface area contributed by atoms with Crippen LogP contribution in [-0.4, -0.2) is 36.5 Å². The van der Waals surface area contributed by atoms with Crippen molar-refractivity contribution in [3.63, 3.8) is 0 Å². The molecule has 1 saturated heterocycles. The van der Waals surface area contributed by atoms with Crippen LogP contribution in [0.4, 0.5) is 4.39 Å². The van der Waals surface area contributed by atoms with Gasteiger partial charge in [-0.1, -0.05) is 6.92 Å². The van der Waals surface area contributed by atoms with E-state index >= 15 is 0 Å². The number of nitrogens with one attached hydrogen (secondary N) is 1. The van der Waals surface area contributed by atoms with Gasteiger partial charge in [0.15, 0.2) is 5.76 Å². The lowest BCUT2D eigenvalue weighted by Gasteiger charge is -2.26. The summed E-state index contributed by atoms with van der Waals surface area (Å²) in [5, 5.41) is 2.96. The van der Waals surface area contributed by atoms with Gasteiger partial charge in [0.05, 0.1) is 0 Å². The Balaban J connectivity index is 1.48. The predicted octanol–water partition coefficient (Wildman–Crippen LogP) is 3.60. The largest absolute Gasteiger partial charge is 0.486 e. The standard InChI is InChI=1S/C20H25FN2O3/c1-2-16(23-11-3-4-12-23)13-22-20(24)19-10-9-18(26-19)14-25-17-7-5-15(21)6-8-17/h5-10,16H,2-4,11-14H2,1H3,(H,22,24). The zero-order valence-electron chi connectivity index (χ0n) is 15.0. The van der Waals surface area contributed by atoms with Gasteiger partial charge in [0, 0.05) is 12.6 Å². The van der Waals surface area contributed by atoms with Crippen molar-refractivity contribution in [2.45, 2.75) is 38.8 Å². The van der Waals surface area contributed by atoms with Gasteiger partial charge in [-0.25, -0.2) is 4.39 Å². The Bertz CT molecular complexity index is 708. The van der Waals surface area contributed by atoms with E-state index in [0.29, 0.717) is 24.1 Å². The molecule has 2 heterocycles. The monoisotopic (exact) mass is 360 g/mol. The third-order valence-corrected chi connectivity index (χ3v) is 4.71.